The maximum absolute atomic E-state index is 13.9. The van der Waals surface area contributed by atoms with Crippen molar-refractivity contribution < 1.29 is 18.3 Å². The van der Waals surface area contributed by atoms with E-state index in [-0.39, 0.29) is 30.5 Å². The first-order valence-corrected chi connectivity index (χ1v) is 7.29. The summed E-state index contributed by atoms with van der Waals surface area (Å²) in [6.45, 7) is 0.0556. The number of rotatable bonds is 6. The summed E-state index contributed by atoms with van der Waals surface area (Å²) in [5.74, 6) is -0.744. The van der Waals surface area contributed by atoms with Gasteiger partial charge in [0.2, 0.25) is 5.91 Å². The lowest BCUT2D eigenvalue weighted by atomic mass is 10.2. The molecule has 1 amide bonds. The van der Waals surface area contributed by atoms with Gasteiger partial charge in [-0.2, -0.15) is 12.6 Å². The van der Waals surface area contributed by atoms with Crippen LogP contribution in [0.5, 0.6) is 5.75 Å². The molecule has 6 heteroatoms. The third kappa shape index (κ3) is 4.73. The maximum atomic E-state index is 13.9. The van der Waals surface area contributed by atoms with E-state index in [1.165, 1.54) is 24.3 Å². The van der Waals surface area contributed by atoms with Crippen LogP contribution in [0.3, 0.4) is 0 Å². The van der Waals surface area contributed by atoms with Gasteiger partial charge in [0.25, 0.3) is 0 Å². The SMILES string of the molecule is O=C(CCS)Nc1ccc(OCc2cccc(F)c2)c(F)c1. The summed E-state index contributed by atoms with van der Waals surface area (Å²) in [7, 11) is 0. The van der Waals surface area contributed by atoms with Crippen LogP contribution in [-0.4, -0.2) is 11.7 Å². The van der Waals surface area contributed by atoms with Crippen LogP contribution < -0.4 is 10.1 Å². The highest BCUT2D eigenvalue weighted by Crippen LogP contribution is 2.22. The van der Waals surface area contributed by atoms with E-state index >= 15 is 0 Å². The highest BCUT2D eigenvalue weighted by Gasteiger charge is 2.07. The molecule has 0 spiro atoms. The Morgan fingerprint density at radius 2 is 2.00 bits per heavy atom. The molecule has 2 aromatic rings. The number of anilines is 1. The number of halogens is 2. The Balaban J connectivity index is 1.99. The molecule has 0 fully saturated rings. The van der Waals surface area contributed by atoms with Crippen LogP contribution in [0.25, 0.3) is 0 Å². The van der Waals surface area contributed by atoms with Gasteiger partial charge in [0.05, 0.1) is 0 Å². The number of thiol groups is 1. The molecule has 3 nitrogen and oxygen atoms in total. The number of nitrogens with one attached hydrogen (secondary N) is 1. The number of hydrogen-bond donors (Lipinski definition) is 2. The molecule has 0 heterocycles. The first kappa shape index (κ1) is 16.3. The summed E-state index contributed by atoms with van der Waals surface area (Å²) in [4.78, 5) is 11.4. The summed E-state index contributed by atoms with van der Waals surface area (Å²) in [5.41, 5.74) is 0.952. The molecule has 0 radical (unpaired) electrons. The largest absolute Gasteiger partial charge is 0.486 e. The van der Waals surface area contributed by atoms with Crippen molar-refractivity contribution >= 4 is 24.2 Å². The van der Waals surface area contributed by atoms with Crippen molar-refractivity contribution in [1.29, 1.82) is 0 Å². The number of hydrogen-bond acceptors (Lipinski definition) is 3. The highest BCUT2D eigenvalue weighted by molar-refractivity contribution is 7.80. The molecule has 1 N–H and O–H groups in total. The van der Waals surface area contributed by atoms with E-state index in [1.54, 1.807) is 18.2 Å². The van der Waals surface area contributed by atoms with Gasteiger partial charge in [-0.1, -0.05) is 12.1 Å². The number of carbonyl (C=O) groups excluding carboxylic acids is 1. The molecule has 0 saturated heterocycles. The van der Waals surface area contributed by atoms with Crippen LogP contribution in [0.4, 0.5) is 14.5 Å². The van der Waals surface area contributed by atoms with Gasteiger partial charge in [-0.25, -0.2) is 8.78 Å². The highest BCUT2D eigenvalue weighted by atomic mass is 32.1. The van der Waals surface area contributed by atoms with E-state index < -0.39 is 5.82 Å². The second kappa shape index (κ2) is 7.79. The van der Waals surface area contributed by atoms with Gasteiger partial charge in [0.1, 0.15) is 12.4 Å². The lowest BCUT2D eigenvalue weighted by Crippen LogP contribution is -2.11. The van der Waals surface area contributed by atoms with E-state index in [0.717, 1.165) is 0 Å². The minimum Gasteiger partial charge on any atom is -0.486 e. The number of carbonyl (C=O) groups is 1. The van der Waals surface area contributed by atoms with Gasteiger partial charge in [0.15, 0.2) is 11.6 Å². The Labute approximate surface area is 132 Å². The molecule has 0 aliphatic heterocycles. The predicted octanol–water partition coefficient (Wildman–Crippen LogP) is 3.80. The zero-order valence-corrected chi connectivity index (χ0v) is 12.6. The van der Waals surface area contributed by atoms with Crippen molar-refractivity contribution in [3.05, 3.63) is 59.7 Å². The summed E-state index contributed by atoms with van der Waals surface area (Å²) in [5, 5.41) is 2.56. The smallest absolute Gasteiger partial charge is 0.225 e. The third-order valence-electron chi connectivity index (χ3n) is 2.84. The van der Waals surface area contributed by atoms with E-state index in [9.17, 15) is 13.6 Å². The van der Waals surface area contributed by atoms with E-state index in [1.807, 2.05) is 0 Å². The van der Waals surface area contributed by atoms with Gasteiger partial charge < -0.3 is 10.1 Å². The molecule has 0 unspecified atom stereocenters. The summed E-state index contributed by atoms with van der Waals surface area (Å²) in [6.07, 6.45) is 0.253. The number of benzene rings is 2. The molecule has 0 aliphatic rings. The number of amides is 1. The van der Waals surface area contributed by atoms with Crippen LogP contribution in [0.1, 0.15) is 12.0 Å². The molecule has 0 aliphatic carbocycles. The molecule has 2 aromatic carbocycles. The minimum absolute atomic E-state index is 0.0384. The van der Waals surface area contributed by atoms with E-state index in [0.29, 0.717) is 17.0 Å². The van der Waals surface area contributed by atoms with Crippen LogP contribution in [0, 0.1) is 11.6 Å². The Bertz CT molecular complexity index is 664. The molecule has 0 saturated carbocycles. The molecule has 116 valence electrons. The second-order valence-corrected chi connectivity index (χ2v) is 5.03. The van der Waals surface area contributed by atoms with E-state index in [4.69, 9.17) is 4.74 Å². The lowest BCUT2D eigenvalue weighted by molar-refractivity contribution is -0.115. The standard InChI is InChI=1S/C16H15F2NO2S/c17-12-3-1-2-11(8-12)10-21-15-5-4-13(9-14(15)18)19-16(20)6-7-22/h1-5,8-9,22H,6-7,10H2,(H,19,20). The lowest BCUT2D eigenvalue weighted by Gasteiger charge is -2.09. The minimum atomic E-state index is -0.597. The topological polar surface area (TPSA) is 38.3 Å². The van der Waals surface area contributed by atoms with Gasteiger partial charge in [-0.3, -0.25) is 4.79 Å². The van der Waals surface area contributed by atoms with Gasteiger partial charge in [0, 0.05) is 18.2 Å². The Kier molecular flexibility index (Phi) is 5.77. The summed E-state index contributed by atoms with van der Waals surface area (Å²) < 4.78 is 32.3. The van der Waals surface area contributed by atoms with Gasteiger partial charge in [-0.05, 0) is 35.6 Å². The molecular weight excluding hydrogens is 308 g/mol. The van der Waals surface area contributed by atoms with Crippen molar-refractivity contribution in [1.82, 2.24) is 0 Å². The fourth-order valence-corrected chi connectivity index (χ4v) is 2.01. The fourth-order valence-electron chi connectivity index (χ4n) is 1.81. The van der Waals surface area contributed by atoms with Crippen molar-refractivity contribution in [3.8, 4) is 5.75 Å². The van der Waals surface area contributed by atoms with Crippen molar-refractivity contribution in [3.63, 3.8) is 0 Å². The Hall–Kier alpha value is -2.08. The molecule has 22 heavy (non-hydrogen) atoms. The zero-order valence-electron chi connectivity index (χ0n) is 11.7. The Morgan fingerprint density at radius 3 is 2.68 bits per heavy atom. The maximum Gasteiger partial charge on any atom is 0.225 e. The van der Waals surface area contributed by atoms with Gasteiger partial charge in [-0.15, -0.1) is 0 Å². The van der Waals surface area contributed by atoms with Gasteiger partial charge >= 0.3 is 0 Å². The van der Waals surface area contributed by atoms with Crippen molar-refractivity contribution in [2.45, 2.75) is 13.0 Å². The first-order chi connectivity index (χ1) is 10.6. The molecular formula is C16H15F2NO2S. The van der Waals surface area contributed by atoms with Crippen molar-refractivity contribution in [2.24, 2.45) is 0 Å². The summed E-state index contributed by atoms with van der Waals surface area (Å²) >= 11 is 3.95. The monoisotopic (exact) mass is 323 g/mol. The van der Waals surface area contributed by atoms with Crippen LogP contribution >= 0.6 is 12.6 Å². The predicted molar refractivity (Wildman–Crippen MR) is 84.2 cm³/mol. The zero-order chi connectivity index (χ0) is 15.9. The van der Waals surface area contributed by atoms with Crippen LogP contribution in [0.2, 0.25) is 0 Å². The van der Waals surface area contributed by atoms with Crippen LogP contribution in [0.15, 0.2) is 42.5 Å². The summed E-state index contributed by atoms with van der Waals surface area (Å²) in [6, 6.07) is 10.0. The average Bonchev–Trinajstić information content (AvgIpc) is 2.46. The number of ether oxygens (including phenoxy) is 1. The van der Waals surface area contributed by atoms with Crippen molar-refractivity contribution in [2.75, 3.05) is 11.1 Å². The third-order valence-corrected chi connectivity index (χ3v) is 3.06. The quantitative estimate of drug-likeness (QED) is 0.794. The second-order valence-electron chi connectivity index (χ2n) is 4.59. The fraction of sp³-hybridized carbons (Fsp3) is 0.188. The molecule has 0 aromatic heterocycles. The van der Waals surface area contributed by atoms with E-state index in [2.05, 4.69) is 17.9 Å². The van der Waals surface area contributed by atoms with Crippen LogP contribution in [-0.2, 0) is 11.4 Å². The first-order valence-electron chi connectivity index (χ1n) is 6.66. The molecule has 2 rings (SSSR count). The molecule has 0 atom stereocenters. The molecule has 0 bridgehead atoms. The normalized spacial score (nSPS) is 10.3. The Morgan fingerprint density at radius 1 is 1.18 bits per heavy atom. The average molecular weight is 323 g/mol.